The van der Waals surface area contributed by atoms with Crippen molar-refractivity contribution in [3.63, 3.8) is 0 Å². The van der Waals surface area contributed by atoms with Crippen molar-refractivity contribution in [2.75, 3.05) is 14.1 Å². The molecule has 3 fully saturated rings. The third-order valence-corrected chi connectivity index (χ3v) is 7.28. The van der Waals surface area contributed by atoms with Gasteiger partial charge in [-0.3, -0.25) is 0 Å². The fraction of sp³-hybridized carbons (Fsp3) is 0.435. The number of carbonyl (C=O) groups is 1. The van der Waals surface area contributed by atoms with E-state index in [0.29, 0.717) is 25.0 Å². The summed E-state index contributed by atoms with van der Waals surface area (Å²) in [6.45, 7) is 0. The third-order valence-electron chi connectivity index (χ3n) is 7.28. The fourth-order valence-electron chi connectivity index (χ4n) is 5.38. The molecule has 3 aliphatic heterocycles. The second kappa shape index (κ2) is 8.04. The zero-order valence-electron chi connectivity index (χ0n) is 17.8. The molecule has 2 aromatic carbocycles. The lowest BCUT2D eigenvalue weighted by molar-refractivity contribution is -0.938. The van der Waals surface area contributed by atoms with Gasteiger partial charge < -0.3 is 36.0 Å². The molecule has 1 N–H and O–H groups in total. The fourth-order valence-corrected chi connectivity index (χ4v) is 5.38. The van der Waals surface area contributed by atoms with Crippen LogP contribution in [0.5, 0.6) is 0 Å². The number of carbonyl (C=O) groups excluding carboxylic acids is 1. The standard InChI is InChI=1S/C23H22F4NO4.BrH/c1-28(2)18-9-13(10-19(28)21-20(18)32-21)31-22(29)23(30,11-3-5-14(24)16(26)7-11)12-4-6-15(25)17(27)8-12;/h3-8,13,18-21,30H,9-10H2,1-2H3;1H/q+1;/p-1/t13?,18-,19?,20+,21?;/m0./s1. The lowest BCUT2D eigenvalue weighted by atomic mass is 9.85. The summed E-state index contributed by atoms with van der Waals surface area (Å²) in [5, 5.41) is 11.4. The van der Waals surface area contributed by atoms with Crippen LogP contribution in [-0.4, -0.2) is 60.0 Å². The summed E-state index contributed by atoms with van der Waals surface area (Å²) in [7, 11) is 4.20. The van der Waals surface area contributed by atoms with E-state index in [2.05, 4.69) is 14.1 Å². The Hall–Kier alpha value is -2.01. The van der Waals surface area contributed by atoms with Crippen molar-refractivity contribution in [3.8, 4) is 0 Å². The Morgan fingerprint density at radius 2 is 1.39 bits per heavy atom. The number of likely N-dealkylation sites (N-methyl/N-ethyl adjacent to an activating group) is 1. The average Bonchev–Trinajstić information content (AvgIpc) is 3.50. The van der Waals surface area contributed by atoms with Crippen molar-refractivity contribution in [1.29, 1.82) is 0 Å². The number of hydrogen-bond acceptors (Lipinski definition) is 4. The van der Waals surface area contributed by atoms with Crippen molar-refractivity contribution in [2.24, 2.45) is 0 Å². The van der Waals surface area contributed by atoms with E-state index in [9.17, 15) is 27.5 Å². The van der Waals surface area contributed by atoms with E-state index < -0.39 is 40.9 Å². The van der Waals surface area contributed by atoms with Crippen LogP contribution in [0.2, 0.25) is 0 Å². The maximum Gasteiger partial charge on any atom is 0.347 e. The highest BCUT2D eigenvalue weighted by molar-refractivity contribution is 5.85. The van der Waals surface area contributed by atoms with Gasteiger partial charge in [0, 0.05) is 24.0 Å². The SMILES string of the molecule is C[N+]1(C)C2CC(OC(=O)C(O)(c3ccc(F)c(F)c3)c3ccc(F)c(F)c3)C[C@H]1[C@H]1OC21.[Br-]. The Morgan fingerprint density at radius 3 is 1.82 bits per heavy atom. The van der Waals surface area contributed by atoms with Crippen molar-refractivity contribution in [2.45, 2.75) is 48.8 Å². The maximum absolute atomic E-state index is 13.9. The van der Waals surface area contributed by atoms with Crippen molar-refractivity contribution in [1.82, 2.24) is 0 Å². The Balaban J connectivity index is 0.00000259. The van der Waals surface area contributed by atoms with Crippen LogP contribution < -0.4 is 17.0 Å². The van der Waals surface area contributed by atoms with Crippen LogP contribution in [0.15, 0.2) is 36.4 Å². The molecular formula is C23H22BrF4NO4. The highest BCUT2D eigenvalue weighted by atomic mass is 79.9. The van der Waals surface area contributed by atoms with Gasteiger partial charge >= 0.3 is 5.97 Å². The van der Waals surface area contributed by atoms with Crippen molar-refractivity contribution >= 4 is 5.97 Å². The molecule has 3 saturated heterocycles. The highest BCUT2D eigenvalue weighted by Crippen LogP contribution is 2.52. The topological polar surface area (TPSA) is 59.1 Å². The molecule has 2 bridgehead atoms. The summed E-state index contributed by atoms with van der Waals surface area (Å²) < 4.78 is 67.0. The minimum absolute atomic E-state index is 0. The minimum Gasteiger partial charge on any atom is -1.00 e. The summed E-state index contributed by atoms with van der Waals surface area (Å²) in [5.74, 6) is -6.14. The van der Waals surface area contributed by atoms with E-state index in [0.717, 1.165) is 28.7 Å². The van der Waals surface area contributed by atoms with Gasteiger partial charge in [-0.05, 0) is 24.3 Å². The van der Waals surface area contributed by atoms with Crippen LogP contribution >= 0.6 is 0 Å². The molecule has 3 aliphatic rings. The number of morpholine rings is 1. The average molecular weight is 532 g/mol. The zero-order valence-corrected chi connectivity index (χ0v) is 19.4. The Labute approximate surface area is 198 Å². The number of quaternary nitrogens is 1. The Kier molecular flexibility index (Phi) is 5.88. The molecule has 0 aliphatic carbocycles. The number of rotatable bonds is 4. The van der Waals surface area contributed by atoms with Gasteiger partial charge in [0.1, 0.15) is 30.4 Å². The molecular weight excluding hydrogens is 510 g/mol. The first kappa shape index (κ1) is 24.1. The molecule has 0 saturated carbocycles. The quantitative estimate of drug-likeness (QED) is 0.256. The van der Waals surface area contributed by atoms with E-state index in [1.807, 2.05) is 0 Å². The predicted octanol–water partition coefficient (Wildman–Crippen LogP) is -0.217. The first-order valence-corrected chi connectivity index (χ1v) is 10.4. The molecule has 0 amide bonds. The van der Waals surface area contributed by atoms with Gasteiger partial charge in [-0.2, -0.15) is 0 Å². The van der Waals surface area contributed by atoms with Gasteiger partial charge in [0.25, 0.3) is 0 Å². The largest absolute Gasteiger partial charge is 1.00 e. The van der Waals surface area contributed by atoms with Crippen LogP contribution in [0.25, 0.3) is 0 Å². The number of fused-ring (bicyclic) bond motifs is 5. The van der Waals surface area contributed by atoms with Crippen LogP contribution in [-0.2, 0) is 19.9 Å². The number of halogens is 5. The van der Waals surface area contributed by atoms with Crippen LogP contribution in [0, 0.1) is 23.3 Å². The maximum atomic E-state index is 13.9. The molecule has 178 valence electrons. The van der Waals surface area contributed by atoms with E-state index >= 15 is 0 Å². The molecule has 0 radical (unpaired) electrons. The molecule has 3 unspecified atom stereocenters. The minimum atomic E-state index is -2.66. The van der Waals surface area contributed by atoms with Gasteiger partial charge in [-0.15, -0.1) is 0 Å². The summed E-state index contributed by atoms with van der Waals surface area (Å²) in [4.78, 5) is 13.3. The number of ether oxygens (including phenoxy) is 2. The molecule has 3 heterocycles. The van der Waals surface area contributed by atoms with E-state index in [4.69, 9.17) is 9.47 Å². The number of benzene rings is 2. The molecule has 5 atom stereocenters. The summed E-state index contributed by atoms with van der Waals surface area (Å²) >= 11 is 0. The second-order valence-electron chi connectivity index (χ2n) is 9.30. The zero-order chi connectivity index (χ0) is 23.0. The number of esters is 1. The smallest absolute Gasteiger partial charge is 0.347 e. The molecule has 0 aromatic heterocycles. The van der Waals surface area contributed by atoms with E-state index in [-0.39, 0.29) is 52.4 Å². The number of nitrogens with zero attached hydrogens (tertiary/aromatic N) is 1. The number of piperidine rings is 1. The van der Waals surface area contributed by atoms with Crippen LogP contribution in [0.3, 0.4) is 0 Å². The normalized spacial score (nSPS) is 29.1. The molecule has 5 rings (SSSR count). The number of hydrogen-bond donors (Lipinski definition) is 1. The van der Waals surface area contributed by atoms with Crippen molar-refractivity contribution in [3.05, 3.63) is 70.8 Å². The summed E-state index contributed by atoms with van der Waals surface area (Å²) in [5.41, 5.74) is -3.37. The second-order valence-corrected chi connectivity index (χ2v) is 9.30. The number of epoxide rings is 1. The summed E-state index contributed by atoms with van der Waals surface area (Å²) in [6, 6.07) is 5.04. The monoisotopic (exact) mass is 531 g/mol. The molecule has 0 spiro atoms. The molecule has 5 nitrogen and oxygen atoms in total. The summed E-state index contributed by atoms with van der Waals surface area (Å²) in [6.07, 6.45) is 0.677. The van der Waals surface area contributed by atoms with E-state index in [1.165, 1.54) is 0 Å². The third kappa shape index (κ3) is 3.67. The Bertz CT molecular complexity index is 1040. The van der Waals surface area contributed by atoms with Gasteiger partial charge in [0.15, 0.2) is 23.3 Å². The molecule has 10 heteroatoms. The van der Waals surface area contributed by atoms with Crippen LogP contribution in [0.4, 0.5) is 17.6 Å². The Morgan fingerprint density at radius 1 is 0.939 bits per heavy atom. The van der Waals surface area contributed by atoms with Crippen molar-refractivity contribution < 1.29 is 58.4 Å². The first-order valence-electron chi connectivity index (χ1n) is 10.4. The van der Waals surface area contributed by atoms with Crippen LogP contribution in [0.1, 0.15) is 24.0 Å². The highest BCUT2D eigenvalue weighted by Gasteiger charge is 2.71. The number of aliphatic hydroxyl groups is 1. The van der Waals surface area contributed by atoms with E-state index in [1.54, 1.807) is 0 Å². The molecule has 33 heavy (non-hydrogen) atoms. The predicted molar refractivity (Wildman–Crippen MR) is 103 cm³/mol. The lowest BCUT2D eigenvalue weighted by Crippen LogP contribution is -3.00. The van der Waals surface area contributed by atoms with Gasteiger partial charge in [-0.1, -0.05) is 12.1 Å². The lowest BCUT2D eigenvalue weighted by Gasteiger charge is -2.45. The van der Waals surface area contributed by atoms with Gasteiger partial charge in [0.05, 0.1) is 14.1 Å². The molecule has 2 aromatic rings. The van der Waals surface area contributed by atoms with Gasteiger partial charge in [-0.25, -0.2) is 22.4 Å². The first-order chi connectivity index (χ1) is 15.0. The van der Waals surface area contributed by atoms with Gasteiger partial charge in [0.2, 0.25) is 5.60 Å².